The number of rotatable bonds is 8. The molecule has 2 aromatic carbocycles. The van der Waals surface area contributed by atoms with Crippen LogP contribution in [-0.4, -0.2) is 27.4 Å². The molecule has 3 rings (SSSR count). The Morgan fingerprint density at radius 3 is 2.58 bits per heavy atom. The molecule has 6 heteroatoms. The Balaban J connectivity index is 1.60. The highest BCUT2D eigenvalue weighted by Gasteiger charge is 2.09. The van der Waals surface area contributed by atoms with Gasteiger partial charge in [0, 0.05) is 23.1 Å². The van der Waals surface area contributed by atoms with E-state index in [9.17, 15) is 4.79 Å². The first-order valence-corrected chi connectivity index (χ1v) is 8.39. The number of hydrogen-bond acceptors (Lipinski definition) is 5. The normalized spacial score (nSPS) is 10.7. The van der Waals surface area contributed by atoms with Crippen molar-refractivity contribution in [1.29, 1.82) is 0 Å². The molecule has 0 amide bonds. The highest BCUT2D eigenvalue weighted by molar-refractivity contribution is 5.81. The second-order valence-corrected chi connectivity index (χ2v) is 5.73. The standard InChI is InChI=1S/C20H21NO5/c1-23-15-7-8-16-14(11-20(22)26-19(16)12-15)13-21-9-10-25-18-6-4-3-5-17(18)24-2/h3-8,11-12,21H,9-10,13H2,1-2H3/p+1. The lowest BCUT2D eigenvalue weighted by atomic mass is 10.1. The summed E-state index contributed by atoms with van der Waals surface area (Å²) in [6.45, 7) is 1.94. The van der Waals surface area contributed by atoms with E-state index in [1.165, 1.54) is 6.07 Å². The van der Waals surface area contributed by atoms with E-state index in [0.29, 0.717) is 30.2 Å². The Hall–Kier alpha value is -2.99. The Labute approximate surface area is 151 Å². The first kappa shape index (κ1) is 17.8. The van der Waals surface area contributed by atoms with Crippen molar-refractivity contribution in [3.8, 4) is 17.2 Å². The van der Waals surface area contributed by atoms with Crippen LogP contribution in [0.5, 0.6) is 17.2 Å². The summed E-state index contributed by atoms with van der Waals surface area (Å²) in [4.78, 5) is 11.8. The van der Waals surface area contributed by atoms with E-state index in [4.69, 9.17) is 18.6 Å². The van der Waals surface area contributed by atoms with Crippen molar-refractivity contribution < 1.29 is 23.9 Å². The first-order chi connectivity index (χ1) is 12.7. The maximum Gasteiger partial charge on any atom is 0.336 e. The van der Waals surface area contributed by atoms with Gasteiger partial charge in [0.15, 0.2) is 11.5 Å². The SMILES string of the molecule is COc1ccc2c(C[NH2+]CCOc3ccccc3OC)cc(=O)oc2c1. The molecule has 0 saturated carbocycles. The Kier molecular flexibility index (Phi) is 5.76. The maximum atomic E-state index is 11.8. The quantitative estimate of drug-likeness (QED) is 0.493. The molecule has 1 heterocycles. The van der Waals surface area contributed by atoms with E-state index < -0.39 is 0 Å². The number of nitrogens with two attached hydrogens (primary N) is 1. The summed E-state index contributed by atoms with van der Waals surface area (Å²) in [7, 11) is 3.20. The number of fused-ring (bicyclic) bond motifs is 1. The van der Waals surface area contributed by atoms with Crippen molar-refractivity contribution in [2.45, 2.75) is 6.54 Å². The average Bonchev–Trinajstić information content (AvgIpc) is 2.67. The molecular weight excluding hydrogens is 334 g/mol. The molecule has 3 aromatic rings. The summed E-state index contributed by atoms with van der Waals surface area (Å²) >= 11 is 0. The predicted molar refractivity (Wildman–Crippen MR) is 98.0 cm³/mol. The molecule has 0 unspecified atom stereocenters. The number of methoxy groups -OCH3 is 2. The van der Waals surface area contributed by atoms with Gasteiger partial charge < -0.3 is 23.9 Å². The number of quaternary nitrogens is 1. The van der Waals surface area contributed by atoms with Crippen LogP contribution in [0.2, 0.25) is 0 Å². The van der Waals surface area contributed by atoms with Crippen molar-refractivity contribution >= 4 is 11.0 Å². The third kappa shape index (κ3) is 4.15. The summed E-state index contributed by atoms with van der Waals surface area (Å²) in [5.41, 5.74) is 1.10. The van der Waals surface area contributed by atoms with Crippen molar-refractivity contribution in [3.05, 3.63) is 64.5 Å². The minimum absolute atomic E-state index is 0.362. The fourth-order valence-corrected chi connectivity index (χ4v) is 2.75. The maximum absolute atomic E-state index is 11.8. The summed E-state index contributed by atoms with van der Waals surface area (Å²) in [6, 6.07) is 14.6. The minimum Gasteiger partial charge on any atom is -0.497 e. The molecule has 1 aromatic heterocycles. The number of benzene rings is 2. The zero-order chi connectivity index (χ0) is 18.4. The highest BCUT2D eigenvalue weighted by atomic mass is 16.5. The molecule has 0 aliphatic rings. The van der Waals surface area contributed by atoms with Gasteiger partial charge in [-0.15, -0.1) is 0 Å². The molecule has 2 N–H and O–H groups in total. The van der Waals surface area contributed by atoms with Gasteiger partial charge in [-0.05, 0) is 24.3 Å². The van der Waals surface area contributed by atoms with Gasteiger partial charge in [0.25, 0.3) is 0 Å². The average molecular weight is 356 g/mol. The molecule has 0 fully saturated rings. The largest absolute Gasteiger partial charge is 0.497 e. The Morgan fingerprint density at radius 2 is 1.81 bits per heavy atom. The molecule has 136 valence electrons. The predicted octanol–water partition coefficient (Wildman–Crippen LogP) is 1.95. The number of hydrogen-bond donors (Lipinski definition) is 1. The van der Waals surface area contributed by atoms with Gasteiger partial charge in [-0.3, -0.25) is 0 Å². The molecule has 0 aliphatic heterocycles. The van der Waals surface area contributed by atoms with Gasteiger partial charge in [0.2, 0.25) is 0 Å². The lowest BCUT2D eigenvalue weighted by molar-refractivity contribution is -0.671. The van der Waals surface area contributed by atoms with Gasteiger partial charge in [-0.25, -0.2) is 4.79 Å². The molecule has 0 aliphatic carbocycles. The van der Waals surface area contributed by atoms with Gasteiger partial charge >= 0.3 is 5.63 Å². The van der Waals surface area contributed by atoms with Crippen LogP contribution in [0, 0.1) is 0 Å². The van der Waals surface area contributed by atoms with Crippen LogP contribution in [0.15, 0.2) is 57.7 Å². The fraction of sp³-hybridized carbons (Fsp3) is 0.250. The van der Waals surface area contributed by atoms with Crippen LogP contribution < -0.4 is 25.2 Å². The zero-order valence-electron chi connectivity index (χ0n) is 14.9. The molecule has 0 spiro atoms. The second kappa shape index (κ2) is 8.40. The number of ether oxygens (including phenoxy) is 3. The lowest BCUT2D eigenvalue weighted by Crippen LogP contribution is -2.83. The topological polar surface area (TPSA) is 74.5 Å². The van der Waals surface area contributed by atoms with Crippen LogP contribution in [0.4, 0.5) is 0 Å². The van der Waals surface area contributed by atoms with E-state index in [2.05, 4.69) is 5.32 Å². The second-order valence-electron chi connectivity index (χ2n) is 5.73. The Bertz CT molecular complexity index is 935. The number of para-hydroxylation sites is 2. The summed E-state index contributed by atoms with van der Waals surface area (Å²) in [5, 5.41) is 3.00. The van der Waals surface area contributed by atoms with Crippen LogP contribution in [0.25, 0.3) is 11.0 Å². The van der Waals surface area contributed by atoms with Crippen molar-refractivity contribution in [1.82, 2.24) is 0 Å². The van der Waals surface area contributed by atoms with Crippen LogP contribution in [-0.2, 0) is 6.54 Å². The van der Waals surface area contributed by atoms with E-state index in [0.717, 1.165) is 23.2 Å². The van der Waals surface area contributed by atoms with Crippen LogP contribution in [0.1, 0.15) is 5.56 Å². The summed E-state index contributed by atoms with van der Waals surface area (Å²) in [6.07, 6.45) is 0. The molecule has 6 nitrogen and oxygen atoms in total. The smallest absolute Gasteiger partial charge is 0.336 e. The Morgan fingerprint density at radius 1 is 1.00 bits per heavy atom. The van der Waals surface area contributed by atoms with E-state index in [1.54, 1.807) is 20.3 Å². The van der Waals surface area contributed by atoms with Crippen molar-refractivity contribution in [3.63, 3.8) is 0 Å². The van der Waals surface area contributed by atoms with Crippen molar-refractivity contribution in [2.75, 3.05) is 27.4 Å². The third-order valence-electron chi connectivity index (χ3n) is 4.05. The molecule has 26 heavy (non-hydrogen) atoms. The van der Waals surface area contributed by atoms with Gasteiger partial charge in [0.05, 0.1) is 14.2 Å². The summed E-state index contributed by atoms with van der Waals surface area (Å²) in [5.74, 6) is 2.10. The van der Waals surface area contributed by atoms with Crippen LogP contribution in [0.3, 0.4) is 0 Å². The molecule has 0 atom stereocenters. The highest BCUT2D eigenvalue weighted by Crippen LogP contribution is 2.25. The molecule has 0 radical (unpaired) electrons. The molecular formula is C20H22NO5+. The monoisotopic (exact) mass is 356 g/mol. The van der Waals surface area contributed by atoms with Crippen molar-refractivity contribution in [2.24, 2.45) is 0 Å². The third-order valence-corrected chi connectivity index (χ3v) is 4.05. The van der Waals surface area contributed by atoms with E-state index in [-0.39, 0.29) is 5.63 Å². The fourth-order valence-electron chi connectivity index (χ4n) is 2.75. The first-order valence-electron chi connectivity index (χ1n) is 8.39. The van der Waals surface area contributed by atoms with Crippen LogP contribution >= 0.6 is 0 Å². The van der Waals surface area contributed by atoms with E-state index >= 15 is 0 Å². The summed E-state index contributed by atoms with van der Waals surface area (Å²) < 4.78 is 21.5. The van der Waals surface area contributed by atoms with Gasteiger partial charge in [-0.1, -0.05) is 12.1 Å². The minimum atomic E-state index is -0.362. The zero-order valence-corrected chi connectivity index (χ0v) is 14.9. The van der Waals surface area contributed by atoms with Gasteiger partial charge in [0.1, 0.15) is 31.0 Å². The van der Waals surface area contributed by atoms with E-state index in [1.807, 2.05) is 36.4 Å². The molecule has 0 bridgehead atoms. The van der Waals surface area contributed by atoms with Gasteiger partial charge in [-0.2, -0.15) is 0 Å². The lowest BCUT2D eigenvalue weighted by Gasteiger charge is -2.10. The molecule has 0 saturated heterocycles.